The Balaban J connectivity index is 1.52. The van der Waals surface area contributed by atoms with E-state index in [0.29, 0.717) is 12.1 Å². The minimum Gasteiger partial charge on any atom is -0.494 e. The van der Waals surface area contributed by atoms with Crippen molar-refractivity contribution in [2.45, 2.75) is 19.5 Å². The second-order valence-electron chi connectivity index (χ2n) is 6.43. The summed E-state index contributed by atoms with van der Waals surface area (Å²) >= 11 is 0. The number of rotatable bonds is 4. The predicted octanol–water partition coefficient (Wildman–Crippen LogP) is 3.85. The van der Waals surface area contributed by atoms with Crippen molar-refractivity contribution in [2.24, 2.45) is 0 Å². The SMILES string of the molecule is COc1cccc(CN2CCc3nc(-c4ccccc4)ncc3C2)c1F. The lowest BCUT2D eigenvalue weighted by Crippen LogP contribution is -2.31. The van der Waals surface area contributed by atoms with Crippen molar-refractivity contribution in [1.82, 2.24) is 14.9 Å². The van der Waals surface area contributed by atoms with E-state index in [0.717, 1.165) is 42.2 Å². The zero-order valence-corrected chi connectivity index (χ0v) is 14.7. The molecular weight excluding hydrogens is 329 g/mol. The van der Waals surface area contributed by atoms with E-state index in [4.69, 9.17) is 9.72 Å². The Kier molecular flexibility index (Phi) is 4.63. The van der Waals surface area contributed by atoms with Crippen LogP contribution in [-0.4, -0.2) is 28.5 Å². The lowest BCUT2D eigenvalue weighted by molar-refractivity contribution is 0.238. The maximum Gasteiger partial charge on any atom is 0.169 e. The minimum atomic E-state index is -0.281. The minimum absolute atomic E-state index is 0.281. The molecule has 0 amide bonds. The number of ether oxygens (including phenoxy) is 1. The van der Waals surface area contributed by atoms with E-state index in [-0.39, 0.29) is 11.6 Å². The molecule has 132 valence electrons. The molecule has 0 spiro atoms. The van der Waals surface area contributed by atoms with Gasteiger partial charge in [0.2, 0.25) is 0 Å². The Morgan fingerprint density at radius 2 is 1.96 bits per heavy atom. The second-order valence-corrected chi connectivity index (χ2v) is 6.43. The summed E-state index contributed by atoms with van der Waals surface area (Å²) in [4.78, 5) is 11.5. The van der Waals surface area contributed by atoms with Crippen molar-refractivity contribution < 1.29 is 9.13 Å². The standard InChI is InChI=1S/C21H20FN3O/c1-26-19-9-5-8-16(20(19)22)13-25-11-10-18-17(14-25)12-23-21(24-18)15-6-3-2-4-7-15/h2-9,12H,10-11,13-14H2,1H3. The van der Waals surface area contributed by atoms with Crippen LogP contribution in [-0.2, 0) is 19.5 Å². The highest BCUT2D eigenvalue weighted by molar-refractivity contribution is 5.54. The summed E-state index contributed by atoms with van der Waals surface area (Å²) < 4.78 is 19.5. The highest BCUT2D eigenvalue weighted by atomic mass is 19.1. The van der Waals surface area contributed by atoms with Crippen LogP contribution >= 0.6 is 0 Å². The number of hydrogen-bond acceptors (Lipinski definition) is 4. The molecule has 1 aliphatic rings. The number of halogens is 1. The van der Waals surface area contributed by atoms with Gasteiger partial charge in [-0.3, -0.25) is 4.90 Å². The molecule has 4 rings (SSSR count). The van der Waals surface area contributed by atoms with Crippen LogP contribution in [0, 0.1) is 5.82 Å². The van der Waals surface area contributed by atoms with Gasteiger partial charge in [0.1, 0.15) is 0 Å². The van der Waals surface area contributed by atoms with E-state index in [1.54, 1.807) is 6.07 Å². The molecule has 0 aliphatic carbocycles. The molecular formula is C21H20FN3O. The fourth-order valence-corrected chi connectivity index (χ4v) is 3.31. The van der Waals surface area contributed by atoms with Gasteiger partial charge < -0.3 is 4.74 Å². The molecule has 0 radical (unpaired) electrons. The van der Waals surface area contributed by atoms with Crippen LogP contribution in [0.5, 0.6) is 5.75 Å². The van der Waals surface area contributed by atoms with Gasteiger partial charge in [-0.25, -0.2) is 14.4 Å². The Hall–Kier alpha value is -2.79. The normalized spacial score (nSPS) is 14.1. The van der Waals surface area contributed by atoms with Crippen molar-refractivity contribution in [1.29, 1.82) is 0 Å². The molecule has 1 aromatic heterocycles. The highest BCUT2D eigenvalue weighted by Crippen LogP contribution is 2.25. The molecule has 3 aromatic rings. The summed E-state index contributed by atoms with van der Waals surface area (Å²) in [5.74, 6) is 0.767. The molecule has 0 fully saturated rings. The van der Waals surface area contributed by atoms with Gasteiger partial charge >= 0.3 is 0 Å². The van der Waals surface area contributed by atoms with Crippen LogP contribution in [0.15, 0.2) is 54.7 Å². The fraction of sp³-hybridized carbons (Fsp3) is 0.238. The third-order valence-corrected chi connectivity index (χ3v) is 4.70. The molecule has 0 saturated heterocycles. The Morgan fingerprint density at radius 1 is 1.12 bits per heavy atom. The summed E-state index contributed by atoms with van der Waals surface area (Å²) in [6.07, 6.45) is 2.74. The number of aromatic nitrogens is 2. The Bertz CT molecular complexity index is 914. The fourth-order valence-electron chi connectivity index (χ4n) is 3.31. The van der Waals surface area contributed by atoms with Gasteiger partial charge in [-0.15, -0.1) is 0 Å². The average Bonchev–Trinajstić information content (AvgIpc) is 2.70. The van der Waals surface area contributed by atoms with Crippen molar-refractivity contribution in [3.63, 3.8) is 0 Å². The number of benzene rings is 2. The zero-order chi connectivity index (χ0) is 17.9. The second kappa shape index (κ2) is 7.22. The maximum atomic E-state index is 14.4. The summed E-state index contributed by atoms with van der Waals surface area (Å²) in [7, 11) is 1.49. The lowest BCUT2D eigenvalue weighted by atomic mass is 10.1. The van der Waals surface area contributed by atoms with E-state index in [2.05, 4.69) is 9.88 Å². The molecule has 26 heavy (non-hydrogen) atoms. The number of methoxy groups -OCH3 is 1. The monoisotopic (exact) mass is 349 g/mol. The smallest absolute Gasteiger partial charge is 0.169 e. The Morgan fingerprint density at radius 3 is 2.77 bits per heavy atom. The molecule has 4 nitrogen and oxygen atoms in total. The number of nitrogens with zero attached hydrogens (tertiary/aromatic N) is 3. The average molecular weight is 349 g/mol. The number of fused-ring (bicyclic) bond motifs is 1. The van der Waals surface area contributed by atoms with Crippen LogP contribution in [0.25, 0.3) is 11.4 Å². The molecule has 0 saturated carbocycles. The van der Waals surface area contributed by atoms with E-state index < -0.39 is 0 Å². The van der Waals surface area contributed by atoms with E-state index in [9.17, 15) is 4.39 Å². The molecule has 0 atom stereocenters. The quantitative estimate of drug-likeness (QED) is 0.717. The van der Waals surface area contributed by atoms with Crippen molar-refractivity contribution in [3.8, 4) is 17.1 Å². The van der Waals surface area contributed by atoms with E-state index in [1.165, 1.54) is 7.11 Å². The first-order valence-electron chi connectivity index (χ1n) is 8.68. The first-order chi connectivity index (χ1) is 12.7. The van der Waals surface area contributed by atoms with Crippen LogP contribution in [0.1, 0.15) is 16.8 Å². The zero-order valence-electron chi connectivity index (χ0n) is 14.7. The van der Waals surface area contributed by atoms with Gasteiger partial charge in [0.25, 0.3) is 0 Å². The first kappa shape index (κ1) is 16.7. The van der Waals surface area contributed by atoms with Gasteiger partial charge in [-0.2, -0.15) is 0 Å². The molecule has 2 aromatic carbocycles. The van der Waals surface area contributed by atoms with E-state index in [1.807, 2.05) is 48.7 Å². The predicted molar refractivity (Wildman–Crippen MR) is 98.2 cm³/mol. The van der Waals surface area contributed by atoms with Crippen molar-refractivity contribution in [2.75, 3.05) is 13.7 Å². The van der Waals surface area contributed by atoms with Gasteiger partial charge in [0.05, 0.1) is 12.8 Å². The number of hydrogen-bond donors (Lipinski definition) is 0. The maximum absolute atomic E-state index is 14.4. The first-order valence-corrected chi connectivity index (χ1v) is 8.68. The van der Waals surface area contributed by atoms with Gasteiger partial charge in [0, 0.05) is 48.9 Å². The van der Waals surface area contributed by atoms with Crippen LogP contribution in [0.2, 0.25) is 0 Å². The van der Waals surface area contributed by atoms with Crippen LogP contribution in [0.4, 0.5) is 4.39 Å². The molecule has 5 heteroatoms. The molecule has 1 aliphatic heterocycles. The molecule has 0 bridgehead atoms. The van der Waals surface area contributed by atoms with Crippen molar-refractivity contribution >= 4 is 0 Å². The van der Waals surface area contributed by atoms with Crippen LogP contribution in [0.3, 0.4) is 0 Å². The molecule has 0 N–H and O–H groups in total. The summed E-state index contributed by atoms with van der Waals surface area (Å²) in [6, 6.07) is 15.3. The van der Waals surface area contributed by atoms with Gasteiger partial charge in [0.15, 0.2) is 17.4 Å². The summed E-state index contributed by atoms with van der Waals surface area (Å²) in [5.41, 5.74) is 3.87. The third kappa shape index (κ3) is 3.30. The van der Waals surface area contributed by atoms with Gasteiger partial charge in [-0.05, 0) is 6.07 Å². The third-order valence-electron chi connectivity index (χ3n) is 4.70. The van der Waals surface area contributed by atoms with E-state index >= 15 is 0 Å². The van der Waals surface area contributed by atoms with Gasteiger partial charge in [-0.1, -0.05) is 42.5 Å². The van der Waals surface area contributed by atoms with Crippen molar-refractivity contribution in [3.05, 3.63) is 77.4 Å². The molecule has 2 heterocycles. The largest absolute Gasteiger partial charge is 0.494 e. The summed E-state index contributed by atoms with van der Waals surface area (Å²) in [6.45, 7) is 2.11. The lowest BCUT2D eigenvalue weighted by Gasteiger charge is -2.28. The molecule has 0 unspecified atom stereocenters. The summed E-state index contributed by atoms with van der Waals surface area (Å²) in [5, 5.41) is 0. The topological polar surface area (TPSA) is 38.2 Å². The van der Waals surface area contributed by atoms with Crippen LogP contribution < -0.4 is 4.74 Å². The highest BCUT2D eigenvalue weighted by Gasteiger charge is 2.20. The Labute approximate surface area is 152 Å².